The zero-order valence-corrected chi connectivity index (χ0v) is 12.2. The van der Waals surface area contributed by atoms with Gasteiger partial charge >= 0.3 is 0 Å². The number of amides is 2. The van der Waals surface area contributed by atoms with Crippen LogP contribution < -0.4 is 11.1 Å². The van der Waals surface area contributed by atoms with Gasteiger partial charge in [0.1, 0.15) is 5.82 Å². The van der Waals surface area contributed by atoms with Crippen LogP contribution in [0.4, 0.5) is 10.1 Å². The summed E-state index contributed by atoms with van der Waals surface area (Å²) in [6.07, 6.45) is 0.697. The average molecular weight is 297 g/mol. The molecule has 0 heterocycles. The maximum atomic E-state index is 13.3. The summed E-state index contributed by atoms with van der Waals surface area (Å²) >= 11 is 0. The first-order valence-corrected chi connectivity index (χ1v) is 6.52. The van der Waals surface area contributed by atoms with Crippen LogP contribution in [0.15, 0.2) is 18.2 Å². The standard InChI is InChI=1S/C14H20FN3O3/c1-18(9-13(19)17-6-3-7-21-2)14(20)10-4-5-12(16)11(15)8-10/h4-5,8H,3,6-7,9,16H2,1-2H3,(H,17,19). The molecule has 0 bridgehead atoms. The van der Waals surface area contributed by atoms with E-state index in [2.05, 4.69) is 5.32 Å². The number of methoxy groups -OCH3 is 1. The topological polar surface area (TPSA) is 84.7 Å². The van der Waals surface area contributed by atoms with E-state index >= 15 is 0 Å². The molecule has 7 heteroatoms. The lowest BCUT2D eigenvalue weighted by Gasteiger charge is -2.17. The van der Waals surface area contributed by atoms with Gasteiger partial charge in [0, 0.05) is 32.9 Å². The minimum atomic E-state index is -0.654. The third-order valence-electron chi connectivity index (χ3n) is 2.82. The number of carbonyl (C=O) groups is 2. The van der Waals surface area contributed by atoms with Crippen LogP contribution in [-0.2, 0) is 9.53 Å². The Balaban J connectivity index is 2.50. The second kappa shape index (κ2) is 8.21. The van der Waals surface area contributed by atoms with Gasteiger partial charge in [0.05, 0.1) is 12.2 Å². The maximum Gasteiger partial charge on any atom is 0.254 e. The Bertz CT molecular complexity index is 508. The molecule has 1 aromatic rings. The highest BCUT2D eigenvalue weighted by molar-refractivity contribution is 5.96. The van der Waals surface area contributed by atoms with Gasteiger partial charge in [0.25, 0.3) is 5.91 Å². The first kappa shape index (κ1) is 16.9. The summed E-state index contributed by atoms with van der Waals surface area (Å²) in [6.45, 7) is 0.933. The van der Waals surface area contributed by atoms with Crippen molar-refractivity contribution in [1.82, 2.24) is 10.2 Å². The van der Waals surface area contributed by atoms with Crippen LogP contribution in [0.1, 0.15) is 16.8 Å². The van der Waals surface area contributed by atoms with Crippen LogP contribution in [-0.4, -0.2) is 50.6 Å². The molecule has 1 rings (SSSR count). The number of hydrogen-bond donors (Lipinski definition) is 2. The van der Waals surface area contributed by atoms with E-state index in [1.54, 1.807) is 7.11 Å². The molecule has 0 aliphatic heterocycles. The predicted octanol–water partition coefficient (Wildman–Crippen LogP) is 0.633. The van der Waals surface area contributed by atoms with Gasteiger partial charge in [-0.05, 0) is 24.6 Å². The number of carbonyl (C=O) groups excluding carboxylic acids is 2. The molecule has 0 saturated heterocycles. The molecular formula is C14H20FN3O3. The monoisotopic (exact) mass is 297 g/mol. The fourth-order valence-electron chi connectivity index (χ4n) is 1.67. The first-order chi connectivity index (χ1) is 9.95. The molecule has 6 nitrogen and oxygen atoms in total. The van der Waals surface area contributed by atoms with Gasteiger partial charge in [0.2, 0.25) is 5.91 Å². The zero-order valence-electron chi connectivity index (χ0n) is 12.2. The van der Waals surface area contributed by atoms with Crippen molar-refractivity contribution in [2.45, 2.75) is 6.42 Å². The number of likely N-dealkylation sites (N-methyl/N-ethyl adjacent to an activating group) is 1. The normalized spacial score (nSPS) is 10.2. The lowest BCUT2D eigenvalue weighted by molar-refractivity contribution is -0.121. The van der Waals surface area contributed by atoms with E-state index in [1.165, 1.54) is 24.1 Å². The number of benzene rings is 1. The van der Waals surface area contributed by atoms with Gasteiger partial charge in [-0.25, -0.2) is 4.39 Å². The quantitative estimate of drug-likeness (QED) is 0.571. The van der Waals surface area contributed by atoms with E-state index in [1.807, 2.05) is 0 Å². The molecule has 1 aromatic carbocycles. The molecule has 0 saturated carbocycles. The number of rotatable bonds is 7. The number of nitrogens with one attached hydrogen (secondary N) is 1. The SMILES string of the molecule is COCCCNC(=O)CN(C)C(=O)c1ccc(N)c(F)c1. The molecule has 0 aromatic heterocycles. The number of nitrogen functional groups attached to an aromatic ring is 1. The molecule has 0 aliphatic rings. The molecule has 0 atom stereocenters. The molecule has 0 spiro atoms. The van der Waals surface area contributed by atoms with Crippen LogP contribution in [0.2, 0.25) is 0 Å². The minimum Gasteiger partial charge on any atom is -0.396 e. The minimum absolute atomic E-state index is 0.0231. The molecular weight excluding hydrogens is 277 g/mol. The lowest BCUT2D eigenvalue weighted by Crippen LogP contribution is -2.38. The number of nitrogens with zero attached hydrogens (tertiary/aromatic N) is 1. The van der Waals surface area contributed by atoms with Gasteiger partial charge < -0.3 is 20.7 Å². The Kier molecular flexibility index (Phi) is 6.61. The van der Waals surface area contributed by atoms with Crippen molar-refractivity contribution in [3.05, 3.63) is 29.6 Å². The summed E-state index contributed by atoms with van der Waals surface area (Å²) in [5.41, 5.74) is 5.48. The van der Waals surface area contributed by atoms with Crippen molar-refractivity contribution in [3.63, 3.8) is 0 Å². The fourth-order valence-corrected chi connectivity index (χ4v) is 1.67. The van der Waals surface area contributed by atoms with Crippen LogP contribution in [0.25, 0.3) is 0 Å². The summed E-state index contributed by atoms with van der Waals surface area (Å²) in [4.78, 5) is 24.9. The highest BCUT2D eigenvalue weighted by atomic mass is 19.1. The Morgan fingerprint density at radius 3 is 2.76 bits per heavy atom. The van der Waals surface area contributed by atoms with E-state index < -0.39 is 11.7 Å². The van der Waals surface area contributed by atoms with E-state index in [0.29, 0.717) is 19.6 Å². The Labute approximate surface area is 123 Å². The van der Waals surface area contributed by atoms with Crippen molar-refractivity contribution in [2.75, 3.05) is 39.6 Å². The fraction of sp³-hybridized carbons (Fsp3) is 0.429. The summed E-state index contributed by atoms with van der Waals surface area (Å²) in [5, 5.41) is 2.67. The van der Waals surface area contributed by atoms with E-state index in [-0.39, 0.29) is 23.7 Å². The number of hydrogen-bond acceptors (Lipinski definition) is 4. The summed E-state index contributed by atoms with van der Waals surface area (Å²) in [6, 6.07) is 3.81. The van der Waals surface area contributed by atoms with Gasteiger partial charge in [-0.3, -0.25) is 9.59 Å². The van der Waals surface area contributed by atoms with Crippen LogP contribution in [0.3, 0.4) is 0 Å². The van der Waals surface area contributed by atoms with Crippen LogP contribution in [0.5, 0.6) is 0 Å². The van der Waals surface area contributed by atoms with Crippen LogP contribution in [0, 0.1) is 5.82 Å². The third-order valence-corrected chi connectivity index (χ3v) is 2.82. The van der Waals surface area contributed by atoms with Crippen molar-refractivity contribution < 1.29 is 18.7 Å². The highest BCUT2D eigenvalue weighted by Gasteiger charge is 2.15. The molecule has 0 radical (unpaired) electrons. The number of halogens is 1. The summed E-state index contributed by atoms with van der Waals surface area (Å²) in [5.74, 6) is -1.38. The smallest absolute Gasteiger partial charge is 0.254 e. The second-order valence-electron chi connectivity index (χ2n) is 4.59. The Hall–Kier alpha value is -2.15. The predicted molar refractivity (Wildman–Crippen MR) is 77.3 cm³/mol. The first-order valence-electron chi connectivity index (χ1n) is 6.52. The van der Waals surface area contributed by atoms with E-state index in [0.717, 1.165) is 6.07 Å². The van der Waals surface area contributed by atoms with Crippen molar-refractivity contribution in [1.29, 1.82) is 0 Å². The Morgan fingerprint density at radius 2 is 2.14 bits per heavy atom. The second-order valence-corrected chi connectivity index (χ2v) is 4.59. The zero-order chi connectivity index (χ0) is 15.8. The lowest BCUT2D eigenvalue weighted by atomic mass is 10.1. The number of nitrogens with two attached hydrogens (primary N) is 1. The van der Waals surface area contributed by atoms with Gasteiger partial charge in [0.15, 0.2) is 0 Å². The molecule has 0 fully saturated rings. The summed E-state index contributed by atoms with van der Waals surface area (Å²) < 4.78 is 18.2. The molecule has 21 heavy (non-hydrogen) atoms. The Morgan fingerprint density at radius 1 is 1.43 bits per heavy atom. The number of anilines is 1. The van der Waals surface area contributed by atoms with Crippen molar-refractivity contribution in [2.24, 2.45) is 0 Å². The summed E-state index contributed by atoms with van der Waals surface area (Å²) in [7, 11) is 3.06. The molecule has 3 N–H and O–H groups in total. The molecule has 0 aliphatic carbocycles. The van der Waals surface area contributed by atoms with Crippen molar-refractivity contribution >= 4 is 17.5 Å². The average Bonchev–Trinajstić information content (AvgIpc) is 2.45. The molecule has 116 valence electrons. The molecule has 2 amide bonds. The van der Waals surface area contributed by atoms with Gasteiger partial charge in [-0.15, -0.1) is 0 Å². The van der Waals surface area contributed by atoms with Gasteiger partial charge in [-0.2, -0.15) is 0 Å². The number of ether oxygens (including phenoxy) is 1. The van der Waals surface area contributed by atoms with Crippen LogP contribution >= 0.6 is 0 Å². The largest absolute Gasteiger partial charge is 0.396 e. The maximum absolute atomic E-state index is 13.3. The molecule has 0 unspecified atom stereocenters. The van der Waals surface area contributed by atoms with Crippen molar-refractivity contribution in [3.8, 4) is 0 Å². The van der Waals surface area contributed by atoms with Gasteiger partial charge in [-0.1, -0.05) is 0 Å². The highest BCUT2D eigenvalue weighted by Crippen LogP contribution is 2.13. The van der Waals surface area contributed by atoms with E-state index in [4.69, 9.17) is 10.5 Å². The third kappa shape index (κ3) is 5.39. The van der Waals surface area contributed by atoms with E-state index in [9.17, 15) is 14.0 Å².